The number of benzene rings is 2. The number of nitrogens with zero attached hydrogens (tertiary/aromatic N) is 7. The number of azide groups is 2. The third kappa shape index (κ3) is 3.38. The van der Waals surface area contributed by atoms with E-state index in [1.165, 1.54) is 19.3 Å². The second-order valence-electron chi connectivity index (χ2n) is 5.99. The maximum absolute atomic E-state index is 8.69. The van der Waals surface area contributed by atoms with Crippen LogP contribution in [-0.2, 0) is 6.54 Å². The summed E-state index contributed by atoms with van der Waals surface area (Å²) in [5.41, 5.74) is 20.7. The zero-order chi connectivity index (χ0) is 17.6. The molecule has 0 amide bonds. The minimum absolute atomic E-state index is 0.578. The number of aryl methyl sites for hydroxylation is 1. The van der Waals surface area contributed by atoms with Crippen LogP contribution in [0.25, 0.3) is 42.7 Å². The highest BCUT2D eigenvalue weighted by molar-refractivity contribution is 6.09. The van der Waals surface area contributed by atoms with E-state index in [2.05, 4.69) is 31.5 Å². The van der Waals surface area contributed by atoms with Gasteiger partial charge in [-0.3, -0.25) is 0 Å². The highest BCUT2D eigenvalue weighted by Crippen LogP contribution is 2.34. The SMILES string of the molecule is CCCCCCn1c2ccc(N=[N+]=[N-])cc2c2cc(N=[N+]=[N-])ccc21. The van der Waals surface area contributed by atoms with Crippen LogP contribution in [0.4, 0.5) is 11.4 Å². The quantitative estimate of drug-likeness (QED) is 0.188. The van der Waals surface area contributed by atoms with Crippen molar-refractivity contribution in [3.63, 3.8) is 0 Å². The van der Waals surface area contributed by atoms with Gasteiger partial charge in [0.15, 0.2) is 0 Å². The van der Waals surface area contributed by atoms with Gasteiger partial charge in [0, 0.05) is 49.5 Å². The Morgan fingerprint density at radius 2 is 1.40 bits per heavy atom. The molecule has 1 aromatic heterocycles. The molecular weight excluding hydrogens is 314 g/mol. The molecule has 0 spiro atoms. The van der Waals surface area contributed by atoms with Crippen LogP contribution in [0.3, 0.4) is 0 Å². The lowest BCUT2D eigenvalue weighted by Crippen LogP contribution is -1.97. The number of hydrogen-bond acceptors (Lipinski definition) is 2. The lowest BCUT2D eigenvalue weighted by molar-refractivity contribution is 0.602. The summed E-state index contributed by atoms with van der Waals surface area (Å²) in [7, 11) is 0. The van der Waals surface area contributed by atoms with E-state index in [0.717, 1.165) is 34.8 Å². The van der Waals surface area contributed by atoms with Gasteiger partial charge < -0.3 is 4.57 Å². The van der Waals surface area contributed by atoms with Gasteiger partial charge in [0.05, 0.1) is 0 Å². The fourth-order valence-corrected chi connectivity index (χ4v) is 3.25. The van der Waals surface area contributed by atoms with Crippen molar-refractivity contribution in [3.05, 3.63) is 57.3 Å². The molecule has 0 aliphatic rings. The normalized spacial score (nSPS) is 10.6. The first-order chi connectivity index (χ1) is 12.3. The Labute approximate surface area is 145 Å². The van der Waals surface area contributed by atoms with Gasteiger partial charge >= 0.3 is 0 Å². The molecule has 0 N–H and O–H groups in total. The second-order valence-corrected chi connectivity index (χ2v) is 5.99. The Bertz CT molecular complexity index is 930. The van der Waals surface area contributed by atoms with Crippen molar-refractivity contribution in [2.75, 3.05) is 0 Å². The Morgan fingerprint density at radius 3 is 1.88 bits per heavy atom. The Balaban J connectivity index is 2.17. The molecule has 126 valence electrons. The zero-order valence-corrected chi connectivity index (χ0v) is 14.1. The van der Waals surface area contributed by atoms with Crippen LogP contribution in [-0.4, -0.2) is 4.57 Å². The van der Waals surface area contributed by atoms with E-state index >= 15 is 0 Å². The first kappa shape index (κ1) is 16.7. The molecule has 0 atom stereocenters. The van der Waals surface area contributed by atoms with Crippen LogP contribution < -0.4 is 0 Å². The molecule has 0 radical (unpaired) electrons. The lowest BCUT2D eigenvalue weighted by atomic mass is 10.1. The fraction of sp³-hybridized carbons (Fsp3) is 0.333. The van der Waals surface area contributed by atoms with Gasteiger partial charge in [-0.1, -0.05) is 48.5 Å². The third-order valence-corrected chi connectivity index (χ3v) is 4.39. The predicted molar refractivity (Wildman–Crippen MR) is 101 cm³/mol. The third-order valence-electron chi connectivity index (χ3n) is 4.39. The number of hydrogen-bond donors (Lipinski definition) is 0. The Hall–Kier alpha value is -3.14. The summed E-state index contributed by atoms with van der Waals surface area (Å²) in [5, 5.41) is 9.42. The summed E-state index contributed by atoms with van der Waals surface area (Å²) in [4.78, 5) is 5.74. The molecule has 0 aliphatic carbocycles. The molecule has 0 aliphatic heterocycles. The van der Waals surface area contributed by atoms with Crippen LogP contribution in [0.2, 0.25) is 0 Å². The molecule has 3 rings (SSSR count). The van der Waals surface area contributed by atoms with Crippen LogP contribution in [0.1, 0.15) is 32.6 Å². The van der Waals surface area contributed by atoms with Crippen molar-refractivity contribution in [2.24, 2.45) is 10.2 Å². The van der Waals surface area contributed by atoms with Gasteiger partial charge in [-0.2, -0.15) is 0 Å². The molecule has 0 bridgehead atoms. The molecule has 0 saturated heterocycles. The lowest BCUT2D eigenvalue weighted by Gasteiger charge is -2.07. The maximum Gasteiger partial charge on any atom is 0.0491 e. The van der Waals surface area contributed by atoms with E-state index < -0.39 is 0 Å². The van der Waals surface area contributed by atoms with E-state index in [4.69, 9.17) is 11.1 Å². The summed E-state index contributed by atoms with van der Waals surface area (Å²) >= 11 is 0. The van der Waals surface area contributed by atoms with E-state index in [1.54, 1.807) is 0 Å². The standard InChI is InChI=1S/C18H19N7/c1-2-3-4-5-10-25-17-8-6-13(21-23-19)11-15(17)16-12-14(22-24-20)7-9-18(16)25/h6-9,11-12H,2-5,10H2,1H3. The fourth-order valence-electron chi connectivity index (χ4n) is 3.25. The van der Waals surface area contributed by atoms with Crippen LogP contribution in [0, 0.1) is 0 Å². The Morgan fingerprint density at radius 1 is 0.840 bits per heavy atom. The molecule has 0 unspecified atom stereocenters. The zero-order valence-electron chi connectivity index (χ0n) is 14.1. The molecule has 0 saturated carbocycles. The van der Waals surface area contributed by atoms with Crippen molar-refractivity contribution in [2.45, 2.75) is 39.2 Å². The number of rotatable bonds is 7. The number of aromatic nitrogens is 1. The molecular formula is C18H19N7. The summed E-state index contributed by atoms with van der Waals surface area (Å²) in [5.74, 6) is 0. The predicted octanol–water partition coefficient (Wildman–Crippen LogP) is 7.26. The van der Waals surface area contributed by atoms with Crippen molar-refractivity contribution < 1.29 is 0 Å². The molecule has 7 heteroatoms. The first-order valence-corrected chi connectivity index (χ1v) is 8.44. The van der Waals surface area contributed by atoms with Gasteiger partial charge in [0.25, 0.3) is 0 Å². The summed E-state index contributed by atoms with van der Waals surface area (Å²) < 4.78 is 2.29. The largest absolute Gasteiger partial charge is 0.340 e. The van der Waals surface area contributed by atoms with Crippen LogP contribution >= 0.6 is 0 Å². The maximum atomic E-state index is 8.69. The average Bonchev–Trinajstić information content (AvgIpc) is 2.92. The van der Waals surface area contributed by atoms with Gasteiger partial charge in [0.1, 0.15) is 0 Å². The molecule has 7 nitrogen and oxygen atoms in total. The van der Waals surface area contributed by atoms with Crippen LogP contribution in [0.5, 0.6) is 0 Å². The summed E-state index contributed by atoms with van der Waals surface area (Å²) in [6, 6.07) is 11.4. The minimum atomic E-state index is 0.578. The van der Waals surface area contributed by atoms with Crippen molar-refractivity contribution in [1.29, 1.82) is 0 Å². The highest BCUT2D eigenvalue weighted by Gasteiger charge is 2.11. The van der Waals surface area contributed by atoms with E-state index in [0.29, 0.717) is 11.4 Å². The van der Waals surface area contributed by atoms with E-state index in [9.17, 15) is 0 Å². The van der Waals surface area contributed by atoms with Crippen LogP contribution in [0.15, 0.2) is 46.6 Å². The van der Waals surface area contributed by atoms with Gasteiger partial charge in [-0.05, 0) is 41.7 Å². The highest BCUT2D eigenvalue weighted by atomic mass is 15.1. The molecule has 1 heterocycles. The average molecular weight is 333 g/mol. The van der Waals surface area contributed by atoms with Crippen molar-refractivity contribution >= 4 is 33.2 Å². The smallest absolute Gasteiger partial charge is 0.0491 e. The topological polar surface area (TPSA) is 102 Å². The first-order valence-electron chi connectivity index (χ1n) is 8.44. The molecule has 2 aromatic carbocycles. The number of unbranched alkanes of at least 4 members (excludes halogenated alkanes) is 3. The van der Waals surface area contributed by atoms with Crippen molar-refractivity contribution in [3.8, 4) is 0 Å². The minimum Gasteiger partial charge on any atom is -0.340 e. The second kappa shape index (κ2) is 7.62. The number of fused-ring (bicyclic) bond motifs is 3. The Kier molecular flexibility index (Phi) is 5.09. The van der Waals surface area contributed by atoms with Gasteiger partial charge in [-0.25, -0.2) is 0 Å². The molecule has 3 aromatic rings. The van der Waals surface area contributed by atoms with E-state index in [-0.39, 0.29) is 0 Å². The monoisotopic (exact) mass is 333 g/mol. The molecule has 25 heavy (non-hydrogen) atoms. The molecule has 0 fully saturated rings. The van der Waals surface area contributed by atoms with Gasteiger partial charge in [-0.15, -0.1) is 0 Å². The van der Waals surface area contributed by atoms with E-state index in [1.807, 2.05) is 36.4 Å². The summed E-state index contributed by atoms with van der Waals surface area (Å²) in [6.07, 6.45) is 4.76. The summed E-state index contributed by atoms with van der Waals surface area (Å²) in [6.45, 7) is 3.14. The van der Waals surface area contributed by atoms with Crippen molar-refractivity contribution in [1.82, 2.24) is 4.57 Å². The van der Waals surface area contributed by atoms with Gasteiger partial charge in [0.2, 0.25) is 0 Å².